The van der Waals surface area contributed by atoms with Crippen LogP contribution < -0.4 is 21.3 Å². The Hall–Kier alpha value is -3.08. The Bertz CT molecular complexity index is 1430. The van der Waals surface area contributed by atoms with Crippen LogP contribution in [0.1, 0.15) is 0 Å². The predicted molar refractivity (Wildman–Crippen MR) is 128 cm³/mol. The molecule has 0 aliphatic rings. The van der Waals surface area contributed by atoms with Crippen LogP contribution in [0.4, 0.5) is 5.69 Å². The highest BCUT2D eigenvalue weighted by Gasteiger charge is 2.20. The first-order chi connectivity index (χ1) is 15.4. The first-order valence-electron chi connectivity index (χ1n) is 9.32. The first kappa shape index (κ1) is 22.1. The van der Waals surface area contributed by atoms with E-state index in [1.165, 1.54) is 34.8 Å². The summed E-state index contributed by atoms with van der Waals surface area (Å²) < 4.78 is 8.31. The molecule has 0 aliphatic heterocycles. The van der Waals surface area contributed by atoms with Gasteiger partial charge < -0.3 is 10.1 Å². The smallest absolute Gasteiger partial charge is 0.337 e. The number of hydrogen-bond acceptors (Lipinski definition) is 7. The molecule has 0 saturated carbocycles. The molecule has 1 N–H and O–H groups in total. The van der Waals surface area contributed by atoms with Gasteiger partial charge >= 0.3 is 5.69 Å². The number of nitrogens with zero attached hydrogens (tertiary/aromatic N) is 3. The minimum atomic E-state index is -0.644. The van der Waals surface area contributed by atoms with Crippen LogP contribution in [0.25, 0.3) is 16.0 Å². The fraction of sp³-hybridized carbons (Fsp3) is 0.143. The molecule has 4 rings (SSSR count). The molecule has 164 valence electrons. The molecule has 2 aromatic carbocycles. The van der Waals surface area contributed by atoms with E-state index in [4.69, 9.17) is 16.3 Å². The number of thioether (sulfide) groups is 1. The fourth-order valence-electron chi connectivity index (χ4n) is 3.14. The van der Waals surface area contributed by atoms with Gasteiger partial charge in [-0.15, -0.1) is 11.3 Å². The third-order valence-corrected chi connectivity index (χ3v) is 6.90. The summed E-state index contributed by atoms with van der Waals surface area (Å²) in [5.74, 6) is 0.0104. The maximum absolute atomic E-state index is 13.3. The van der Waals surface area contributed by atoms with Gasteiger partial charge in [0.05, 0.1) is 17.8 Å². The maximum atomic E-state index is 13.3. The minimum Gasteiger partial charge on any atom is -0.495 e. The number of rotatable bonds is 6. The van der Waals surface area contributed by atoms with E-state index in [0.717, 1.165) is 4.57 Å². The summed E-state index contributed by atoms with van der Waals surface area (Å²) in [6, 6.07) is 13.4. The number of ether oxygens (including phenoxy) is 1. The standard InChI is InChI=1S/C21H17ClN4O4S2/c1-30-15-9-8-12(10-14(15)22)23-16(27)11-25-18-17(32-20(24-18)31-2)19(28)26(21(25)29)13-6-4-3-5-7-13/h3-10H,11H2,1-2H3,(H,23,27). The molecular formula is C21H17ClN4O4S2. The molecule has 0 atom stereocenters. The number of para-hydroxylation sites is 1. The lowest BCUT2D eigenvalue weighted by molar-refractivity contribution is -0.116. The van der Waals surface area contributed by atoms with Crippen LogP contribution in [-0.2, 0) is 11.3 Å². The van der Waals surface area contributed by atoms with E-state index in [1.54, 1.807) is 48.5 Å². The highest BCUT2D eigenvalue weighted by molar-refractivity contribution is 8.00. The van der Waals surface area contributed by atoms with Gasteiger partial charge in [-0.25, -0.2) is 14.3 Å². The Morgan fingerprint density at radius 1 is 1.22 bits per heavy atom. The number of thiazole rings is 1. The molecule has 0 radical (unpaired) electrons. The summed E-state index contributed by atoms with van der Waals surface area (Å²) in [6.07, 6.45) is 1.83. The van der Waals surface area contributed by atoms with Gasteiger partial charge in [0.15, 0.2) is 9.99 Å². The van der Waals surface area contributed by atoms with Crippen LogP contribution in [0.3, 0.4) is 0 Å². The summed E-state index contributed by atoms with van der Waals surface area (Å²) >= 11 is 8.67. The largest absolute Gasteiger partial charge is 0.495 e. The molecule has 4 aromatic rings. The van der Waals surface area contributed by atoms with E-state index in [0.29, 0.717) is 31.2 Å². The normalized spacial score (nSPS) is 11.0. The van der Waals surface area contributed by atoms with E-state index < -0.39 is 17.2 Å². The van der Waals surface area contributed by atoms with Crippen molar-refractivity contribution in [1.82, 2.24) is 14.1 Å². The van der Waals surface area contributed by atoms with Crippen LogP contribution in [0.5, 0.6) is 5.75 Å². The number of hydrogen-bond donors (Lipinski definition) is 1. The Kier molecular flexibility index (Phi) is 6.35. The molecule has 2 heterocycles. The van der Waals surface area contributed by atoms with Gasteiger partial charge in [0.25, 0.3) is 5.56 Å². The number of aromatic nitrogens is 3. The monoisotopic (exact) mass is 488 g/mol. The van der Waals surface area contributed by atoms with Crippen LogP contribution in [-0.4, -0.2) is 33.4 Å². The van der Waals surface area contributed by atoms with Crippen LogP contribution in [0, 0.1) is 0 Å². The van der Waals surface area contributed by atoms with E-state index in [-0.39, 0.29) is 12.2 Å². The Labute approximate surface area is 195 Å². The van der Waals surface area contributed by atoms with Crippen molar-refractivity contribution in [1.29, 1.82) is 0 Å². The zero-order chi connectivity index (χ0) is 22.8. The topological polar surface area (TPSA) is 95.2 Å². The highest BCUT2D eigenvalue weighted by Crippen LogP contribution is 2.28. The van der Waals surface area contributed by atoms with Crippen molar-refractivity contribution in [2.45, 2.75) is 10.9 Å². The second-order valence-corrected chi connectivity index (χ2v) is 9.04. The molecule has 0 spiro atoms. The third kappa shape index (κ3) is 4.16. The lowest BCUT2D eigenvalue weighted by Gasteiger charge is -2.12. The van der Waals surface area contributed by atoms with Gasteiger partial charge in [0.2, 0.25) is 5.91 Å². The minimum absolute atomic E-state index is 0.185. The van der Waals surface area contributed by atoms with E-state index in [9.17, 15) is 14.4 Å². The summed E-state index contributed by atoms with van der Waals surface area (Å²) in [6.45, 7) is -0.330. The third-order valence-electron chi connectivity index (χ3n) is 4.59. The number of nitrogens with one attached hydrogen (secondary N) is 1. The molecule has 1 amide bonds. The van der Waals surface area contributed by atoms with Gasteiger partial charge in [0.1, 0.15) is 17.0 Å². The number of carbonyl (C=O) groups excluding carboxylic acids is 1. The number of benzene rings is 2. The molecule has 0 unspecified atom stereocenters. The summed E-state index contributed by atoms with van der Waals surface area (Å²) in [4.78, 5) is 43.6. The van der Waals surface area contributed by atoms with Gasteiger partial charge in [-0.2, -0.15) is 0 Å². The molecule has 11 heteroatoms. The molecule has 0 bridgehead atoms. The van der Waals surface area contributed by atoms with Crippen LogP contribution in [0.2, 0.25) is 5.02 Å². The second-order valence-electron chi connectivity index (χ2n) is 6.58. The van der Waals surface area contributed by atoms with E-state index in [1.807, 2.05) is 6.26 Å². The molecule has 0 saturated heterocycles. The molecule has 32 heavy (non-hydrogen) atoms. The average molecular weight is 489 g/mol. The SMILES string of the molecule is COc1ccc(NC(=O)Cn2c(=O)n(-c3ccccc3)c(=O)c3sc(SC)nc32)cc1Cl. The van der Waals surface area contributed by atoms with E-state index >= 15 is 0 Å². The Morgan fingerprint density at radius 2 is 1.97 bits per heavy atom. The zero-order valence-electron chi connectivity index (χ0n) is 17.0. The lowest BCUT2D eigenvalue weighted by atomic mass is 10.3. The first-order valence-corrected chi connectivity index (χ1v) is 11.7. The van der Waals surface area contributed by atoms with Crippen molar-refractivity contribution in [2.75, 3.05) is 18.7 Å². The molecule has 2 aromatic heterocycles. The van der Waals surface area contributed by atoms with E-state index in [2.05, 4.69) is 10.3 Å². The highest BCUT2D eigenvalue weighted by atomic mass is 35.5. The van der Waals surface area contributed by atoms with Crippen molar-refractivity contribution in [3.8, 4) is 11.4 Å². The predicted octanol–water partition coefficient (Wildman–Crippen LogP) is 3.63. The summed E-state index contributed by atoms with van der Waals surface area (Å²) in [5, 5.41) is 3.05. The Morgan fingerprint density at radius 3 is 2.62 bits per heavy atom. The van der Waals surface area contributed by atoms with Gasteiger partial charge in [-0.3, -0.25) is 14.2 Å². The Balaban J connectivity index is 1.78. The lowest BCUT2D eigenvalue weighted by Crippen LogP contribution is -2.40. The van der Waals surface area contributed by atoms with Gasteiger partial charge in [0, 0.05) is 5.69 Å². The molecule has 8 nitrogen and oxygen atoms in total. The van der Waals surface area contributed by atoms with Crippen molar-refractivity contribution < 1.29 is 9.53 Å². The number of carbonyl (C=O) groups is 1. The number of anilines is 1. The van der Waals surface area contributed by atoms with Crippen molar-refractivity contribution >= 4 is 56.6 Å². The van der Waals surface area contributed by atoms with Crippen molar-refractivity contribution in [3.63, 3.8) is 0 Å². The molecular weight excluding hydrogens is 472 g/mol. The number of halogens is 1. The van der Waals surface area contributed by atoms with Crippen LogP contribution in [0.15, 0.2) is 62.5 Å². The number of amides is 1. The zero-order valence-corrected chi connectivity index (χ0v) is 19.4. The summed E-state index contributed by atoms with van der Waals surface area (Å²) in [7, 11) is 1.50. The second kappa shape index (κ2) is 9.19. The number of methoxy groups -OCH3 is 1. The maximum Gasteiger partial charge on any atom is 0.337 e. The average Bonchev–Trinajstić information content (AvgIpc) is 3.22. The number of fused-ring (bicyclic) bond motifs is 1. The fourth-order valence-corrected chi connectivity index (χ4v) is 4.89. The van der Waals surface area contributed by atoms with Gasteiger partial charge in [-0.05, 0) is 36.6 Å². The van der Waals surface area contributed by atoms with Crippen molar-refractivity contribution in [3.05, 3.63) is 74.4 Å². The van der Waals surface area contributed by atoms with Gasteiger partial charge in [-0.1, -0.05) is 41.6 Å². The molecule has 0 aliphatic carbocycles. The van der Waals surface area contributed by atoms with Crippen molar-refractivity contribution in [2.24, 2.45) is 0 Å². The molecule has 0 fully saturated rings. The summed E-state index contributed by atoms with van der Waals surface area (Å²) in [5.41, 5.74) is -0.0595. The quantitative estimate of drug-likeness (QED) is 0.416. The van der Waals surface area contributed by atoms with Crippen LogP contribution >= 0.6 is 34.7 Å².